The van der Waals surface area contributed by atoms with Gasteiger partial charge in [-0.2, -0.15) is 0 Å². The van der Waals surface area contributed by atoms with Crippen LogP contribution in [0.3, 0.4) is 0 Å². The Labute approximate surface area is 148 Å². The molecule has 0 aliphatic rings. The van der Waals surface area contributed by atoms with Crippen LogP contribution in [-0.2, 0) is 0 Å². The van der Waals surface area contributed by atoms with Crippen LogP contribution in [0.4, 0.5) is 11.4 Å². The summed E-state index contributed by atoms with van der Waals surface area (Å²) in [5.41, 5.74) is 5.41. The van der Waals surface area contributed by atoms with Gasteiger partial charge in [-0.25, -0.2) is 9.97 Å². The minimum atomic E-state index is 0.527. The number of nitrogens with one attached hydrogen (secondary N) is 2. The van der Waals surface area contributed by atoms with Crippen molar-refractivity contribution in [3.8, 4) is 0 Å². The van der Waals surface area contributed by atoms with E-state index >= 15 is 0 Å². The number of thiocarbonyl (C=S) groups is 1. The molecule has 0 spiro atoms. The molecular formula is C17H15BrN4S. The fraction of sp³-hybridized carbons (Fsp3) is 0.118. The molecule has 2 N–H and O–H groups in total. The van der Waals surface area contributed by atoms with Crippen molar-refractivity contribution < 1.29 is 0 Å². The first kappa shape index (κ1) is 15.8. The first-order valence-electron chi connectivity index (χ1n) is 7.10. The molecule has 6 heteroatoms. The van der Waals surface area contributed by atoms with Gasteiger partial charge in [-0.05, 0) is 62.5 Å². The molecule has 3 aromatic rings. The summed E-state index contributed by atoms with van der Waals surface area (Å²) in [5.74, 6) is 0. The van der Waals surface area contributed by atoms with Gasteiger partial charge in [-0.3, -0.25) is 0 Å². The average molecular weight is 387 g/mol. The van der Waals surface area contributed by atoms with Crippen molar-refractivity contribution in [3.63, 3.8) is 0 Å². The summed E-state index contributed by atoms with van der Waals surface area (Å²) in [5, 5.41) is 6.85. The van der Waals surface area contributed by atoms with E-state index < -0.39 is 0 Å². The van der Waals surface area contributed by atoms with Crippen LogP contribution in [0.5, 0.6) is 0 Å². The highest BCUT2D eigenvalue weighted by molar-refractivity contribution is 9.10. The molecule has 0 amide bonds. The highest BCUT2D eigenvalue weighted by Crippen LogP contribution is 2.19. The van der Waals surface area contributed by atoms with Gasteiger partial charge >= 0.3 is 0 Å². The van der Waals surface area contributed by atoms with Gasteiger partial charge in [0.15, 0.2) is 5.11 Å². The molecule has 23 heavy (non-hydrogen) atoms. The van der Waals surface area contributed by atoms with E-state index in [1.165, 1.54) is 0 Å². The van der Waals surface area contributed by atoms with Crippen molar-refractivity contribution in [1.29, 1.82) is 0 Å². The molecular weight excluding hydrogens is 372 g/mol. The van der Waals surface area contributed by atoms with Crippen LogP contribution in [0.1, 0.15) is 11.4 Å². The Morgan fingerprint density at radius 1 is 0.913 bits per heavy atom. The number of fused-ring (bicyclic) bond motifs is 1. The van der Waals surface area contributed by atoms with Crippen LogP contribution in [0.2, 0.25) is 0 Å². The van der Waals surface area contributed by atoms with Crippen molar-refractivity contribution in [2.75, 3.05) is 10.6 Å². The topological polar surface area (TPSA) is 49.8 Å². The van der Waals surface area contributed by atoms with Crippen molar-refractivity contribution in [1.82, 2.24) is 9.97 Å². The van der Waals surface area contributed by atoms with Crippen molar-refractivity contribution in [2.45, 2.75) is 13.8 Å². The molecule has 0 saturated carbocycles. The Kier molecular flexibility index (Phi) is 4.54. The van der Waals surface area contributed by atoms with Crippen LogP contribution in [0, 0.1) is 13.8 Å². The molecule has 0 saturated heterocycles. The summed E-state index contributed by atoms with van der Waals surface area (Å²) < 4.78 is 0.997. The van der Waals surface area contributed by atoms with E-state index in [0.717, 1.165) is 38.3 Å². The van der Waals surface area contributed by atoms with Gasteiger partial charge in [0.1, 0.15) is 0 Å². The number of aromatic nitrogens is 2. The fourth-order valence-corrected chi connectivity index (χ4v) is 2.80. The number of halogens is 1. The highest BCUT2D eigenvalue weighted by atomic mass is 79.9. The van der Waals surface area contributed by atoms with Crippen molar-refractivity contribution >= 4 is 55.7 Å². The van der Waals surface area contributed by atoms with Gasteiger partial charge < -0.3 is 10.6 Å². The minimum absolute atomic E-state index is 0.527. The van der Waals surface area contributed by atoms with Crippen LogP contribution in [-0.4, -0.2) is 15.1 Å². The molecule has 1 heterocycles. The average Bonchev–Trinajstić information content (AvgIpc) is 2.48. The van der Waals surface area contributed by atoms with E-state index in [9.17, 15) is 0 Å². The molecule has 2 aromatic carbocycles. The molecule has 4 nitrogen and oxygen atoms in total. The lowest BCUT2D eigenvalue weighted by Gasteiger charge is -2.11. The zero-order valence-electron chi connectivity index (χ0n) is 12.7. The molecule has 0 aliphatic carbocycles. The SMILES string of the molecule is Cc1nc2ccc(NC(=S)Nc3cccc(Br)c3)cc2nc1C. The number of benzene rings is 2. The third kappa shape index (κ3) is 3.83. The lowest BCUT2D eigenvalue weighted by Crippen LogP contribution is -2.19. The third-order valence-corrected chi connectivity index (χ3v) is 4.11. The third-order valence-electron chi connectivity index (χ3n) is 3.42. The Hall–Kier alpha value is -2.05. The molecule has 0 atom stereocenters. The second-order valence-electron chi connectivity index (χ2n) is 5.19. The molecule has 3 rings (SSSR count). The molecule has 1 aromatic heterocycles. The molecule has 0 bridgehead atoms. The monoisotopic (exact) mass is 386 g/mol. The normalized spacial score (nSPS) is 10.6. The van der Waals surface area contributed by atoms with Crippen molar-refractivity contribution in [2.24, 2.45) is 0 Å². The summed E-state index contributed by atoms with van der Waals surface area (Å²) in [6, 6.07) is 13.7. The molecule has 0 fully saturated rings. The van der Waals surface area contributed by atoms with Crippen molar-refractivity contribution in [3.05, 3.63) is 58.3 Å². The number of aryl methyl sites for hydroxylation is 2. The number of anilines is 2. The van der Waals surface area contributed by atoms with Crippen LogP contribution >= 0.6 is 28.1 Å². The van der Waals surface area contributed by atoms with Gasteiger partial charge in [0, 0.05) is 15.8 Å². The Balaban J connectivity index is 1.78. The summed E-state index contributed by atoms with van der Waals surface area (Å²) in [6.45, 7) is 3.92. The van der Waals surface area contributed by atoms with E-state index in [4.69, 9.17) is 12.2 Å². The van der Waals surface area contributed by atoms with E-state index in [-0.39, 0.29) is 0 Å². The predicted octanol–water partition coefficient (Wildman–Crippen LogP) is 4.82. The summed E-state index contributed by atoms with van der Waals surface area (Å²) in [6.07, 6.45) is 0. The quantitative estimate of drug-likeness (QED) is 0.618. The number of hydrogen-bond acceptors (Lipinski definition) is 3. The second-order valence-corrected chi connectivity index (χ2v) is 6.51. The molecule has 0 radical (unpaired) electrons. The van der Waals surface area contributed by atoms with Gasteiger partial charge in [0.05, 0.1) is 22.4 Å². The molecule has 0 unspecified atom stereocenters. The summed E-state index contributed by atoms with van der Waals surface area (Å²) in [7, 11) is 0. The lowest BCUT2D eigenvalue weighted by molar-refractivity contribution is 1.10. The largest absolute Gasteiger partial charge is 0.332 e. The van der Waals surface area contributed by atoms with Crippen LogP contribution < -0.4 is 10.6 Å². The molecule has 0 aliphatic heterocycles. The maximum Gasteiger partial charge on any atom is 0.175 e. The zero-order chi connectivity index (χ0) is 16.4. The number of hydrogen-bond donors (Lipinski definition) is 2. The Morgan fingerprint density at radius 2 is 1.57 bits per heavy atom. The van der Waals surface area contributed by atoms with E-state index in [2.05, 4.69) is 36.5 Å². The zero-order valence-corrected chi connectivity index (χ0v) is 15.1. The van der Waals surface area contributed by atoms with Gasteiger partial charge in [-0.1, -0.05) is 22.0 Å². The number of nitrogens with zero attached hydrogens (tertiary/aromatic N) is 2. The maximum atomic E-state index is 5.36. The Morgan fingerprint density at radius 3 is 2.26 bits per heavy atom. The lowest BCUT2D eigenvalue weighted by atomic mass is 10.2. The van der Waals surface area contributed by atoms with Gasteiger partial charge in [0.2, 0.25) is 0 Å². The van der Waals surface area contributed by atoms with Crippen LogP contribution in [0.25, 0.3) is 11.0 Å². The van der Waals surface area contributed by atoms with E-state index in [1.54, 1.807) is 0 Å². The smallest absolute Gasteiger partial charge is 0.175 e. The standard InChI is InChI=1S/C17H15BrN4S/c1-10-11(2)20-16-9-14(6-7-15(16)19-10)22-17(23)21-13-5-3-4-12(18)8-13/h3-9H,1-2H3,(H2,21,22,23). The summed E-state index contributed by atoms with van der Waals surface area (Å²) in [4.78, 5) is 9.10. The summed E-state index contributed by atoms with van der Waals surface area (Å²) >= 11 is 8.80. The minimum Gasteiger partial charge on any atom is -0.332 e. The van der Waals surface area contributed by atoms with E-state index in [0.29, 0.717) is 5.11 Å². The Bertz CT molecular complexity index is 895. The fourth-order valence-electron chi connectivity index (χ4n) is 2.17. The maximum absolute atomic E-state index is 5.36. The van der Waals surface area contributed by atoms with E-state index in [1.807, 2.05) is 56.3 Å². The first-order valence-corrected chi connectivity index (χ1v) is 8.30. The van der Waals surface area contributed by atoms with Crippen LogP contribution in [0.15, 0.2) is 46.9 Å². The predicted molar refractivity (Wildman–Crippen MR) is 103 cm³/mol. The van der Waals surface area contributed by atoms with Gasteiger partial charge in [0.25, 0.3) is 0 Å². The second kappa shape index (κ2) is 6.60. The number of rotatable bonds is 2. The first-order chi connectivity index (χ1) is 11.0. The highest BCUT2D eigenvalue weighted by Gasteiger charge is 2.04. The molecule has 116 valence electrons. The van der Waals surface area contributed by atoms with Gasteiger partial charge in [-0.15, -0.1) is 0 Å².